The van der Waals surface area contributed by atoms with Crippen LogP contribution >= 0.6 is 0 Å². The fourth-order valence-electron chi connectivity index (χ4n) is 1.71. The Labute approximate surface area is 116 Å². The van der Waals surface area contributed by atoms with E-state index in [1.807, 2.05) is 6.92 Å². The molecule has 0 radical (unpaired) electrons. The van der Waals surface area contributed by atoms with E-state index in [0.717, 1.165) is 0 Å². The molecule has 4 heteroatoms. The normalized spacial score (nSPS) is 9.85. The van der Waals surface area contributed by atoms with Gasteiger partial charge < -0.3 is 9.47 Å². The van der Waals surface area contributed by atoms with Gasteiger partial charge in [0.2, 0.25) is 0 Å². The summed E-state index contributed by atoms with van der Waals surface area (Å²) < 4.78 is 10.6. The molecule has 0 N–H and O–H groups in total. The van der Waals surface area contributed by atoms with E-state index < -0.39 is 5.97 Å². The molecule has 4 nitrogen and oxygen atoms in total. The topological polar surface area (TPSA) is 52.6 Å². The molecule has 102 valence electrons. The molecule has 0 aliphatic carbocycles. The first kappa shape index (κ1) is 13.8. The van der Waals surface area contributed by atoms with Gasteiger partial charge in [-0.25, -0.2) is 4.79 Å². The van der Waals surface area contributed by atoms with Crippen molar-refractivity contribution >= 4 is 12.3 Å². The summed E-state index contributed by atoms with van der Waals surface area (Å²) in [6.45, 7) is 2.39. The number of rotatable bonds is 5. The second-order valence-electron chi connectivity index (χ2n) is 4.01. The predicted octanol–water partition coefficient (Wildman–Crippen LogP) is 3.12. The Morgan fingerprint density at radius 3 is 2.70 bits per heavy atom. The first-order valence-electron chi connectivity index (χ1n) is 6.24. The first-order chi connectivity index (χ1) is 9.74. The third-order valence-corrected chi connectivity index (χ3v) is 2.63. The van der Waals surface area contributed by atoms with Crippen LogP contribution in [0.1, 0.15) is 27.6 Å². The molecule has 0 aliphatic heterocycles. The van der Waals surface area contributed by atoms with Crippen LogP contribution < -0.4 is 9.47 Å². The summed E-state index contributed by atoms with van der Waals surface area (Å²) >= 11 is 0. The maximum Gasteiger partial charge on any atom is 0.343 e. The van der Waals surface area contributed by atoms with Crippen LogP contribution in [0, 0.1) is 0 Å². The Balaban J connectivity index is 2.19. The van der Waals surface area contributed by atoms with Crippen LogP contribution in [0.2, 0.25) is 0 Å². The van der Waals surface area contributed by atoms with E-state index >= 15 is 0 Å². The van der Waals surface area contributed by atoms with Gasteiger partial charge in [-0.05, 0) is 37.3 Å². The van der Waals surface area contributed by atoms with E-state index in [1.165, 1.54) is 0 Å². The molecular weight excluding hydrogens is 256 g/mol. The zero-order valence-corrected chi connectivity index (χ0v) is 11.0. The van der Waals surface area contributed by atoms with Crippen LogP contribution in [-0.2, 0) is 0 Å². The van der Waals surface area contributed by atoms with Crippen molar-refractivity contribution in [2.45, 2.75) is 6.92 Å². The Kier molecular flexibility index (Phi) is 4.50. The van der Waals surface area contributed by atoms with Gasteiger partial charge in [0.25, 0.3) is 0 Å². The third kappa shape index (κ3) is 3.23. The smallest absolute Gasteiger partial charge is 0.343 e. The summed E-state index contributed by atoms with van der Waals surface area (Å²) in [6.07, 6.45) is 0.652. The number of hydrogen-bond acceptors (Lipinski definition) is 4. The molecule has 20 heavy (non-hydrogen) atoms. The summed E-state index contributed by atoms with van der Waals surface area (Å²) in [4.78, 5) is 22.9. The van der Waals surface area contributed by atoms with Crippen molar-refractivity contribution in [2.24, 2.45) is 0 Å². The Morgan fingerprint density at radius 1 is 1.15 bits per heavy atom. The highest BCUT2D eigenvalue weighted by molar-refractivity contribution is 5.92. The lowest BCUT2D eigenvalue weighted by Gasteiger charge is -2.08. The largest absolute Gasteiger partial charge is 0.494 e. The van der Waals surface area contributed by atoms with E-state index in [0.29, 0.717) is 29.8 Å². The van der Waals surface area contributed by atoms with Crippen molar-refractivity contribution < 1.29 is 19.1 Å². The summed E-state index contributed by atoms with van der Waals surface area (Å²) in [6, 6.07) is 13.3. The molecule has 0 saturated carbocycles. The fraction of sp³-hybridized carbons (Fsp3) is 0.125. The number of hydrogen-bond donors (Lipinski definition) is 0. The van der Waals surface area contributed by atoms with Gasteiger partial charge in [-0.2, -0.15) is 0 Å². The quantitative estimate of drug-likeness (QED) is 0.476. The zero-order valence-electron chi connectivity index (χ0n) is 11.0. The molecule has 2 rings (SSSR count). The van der Waals surface area contributed by atoms with Crippen LogP contribution in [0.25, 0.3) is 0 Å². The molecule has 0 saturated heterocycles. The lowest BCUT2D eigenvalue weighted by Crippen LogP contribution is -2.10. The van der Waals surface area contributed by atoms with Crippen LogP contribution in [0.5, 0.6) is 11.5 Å². The third-order valence-electron chi connectivity index (χ3n) is 2.63. The molecular formula is C16H14O4. The van der Waals surface area contributed by atoms with Crippen molar-refractivity contribution in [3.8, 4) is 11.5 Å². The van der Waals surface area contributed by atoms with Gasteiger partial charge in [-0.1, -0.05) is 18.2 Å². The van der Waals surface area contributed by atoms with Gasteiger partial charge in [0.1, 0.15) is 11.5 Å². The fourth-order valence-corrected chi connectivity index (χ4v) is 1.71. The average Bonchev–Trinajstić information content (AvgIpc) is 2.48. The Bertz CT molecular complexity index is 619. The maximum absolute atomic E-state index is 12.0. The zero-order chi connectivity index (χ0) is 14.4. The first-order valence-corrected chi connectivity index (χ1v) is 6.24. The van der Waals surface area contributed by atoms with Crippen molar-refractivity contribution in [1.29, 1.82) is 0 Å². The molecule has 0 aromatic heterocycles. The van der Waals surface area contributed by atoms with Gasteiger partial charge in [0, 0.05) is 0 Å². The Hall–Kier alpha value is -2.62. The predicted molar refractivity (Wildman–Crippen MR) is 74.4 cm³/mol. The second-order valence-corrected chi connectivity index (χ2v) is 4.01. The molecule has 2 aromatic rings. The van der Waals surface area contributed by atoms with Crippen molar-refractivity contribution in [3.63, 3.8) is 0 Å². The van der Waals surface area contributed by atoms with E-state index in [2.05, 4.69) is 0 Å². The number of aldehydes is 1. The second kappa shape index (κ2) is 6.52. The summed E-state index contributed by atoms with van der Waals surface area (Å²) in [5.74, 6) is 0.320. The van der Waals surface area contributed by atoms with Gasteiger partial charge in [0.15, 0.2) is 6.29 Å². The average molecular weight is 270 g/mol. The number of ether oxygens (including phenoxy) is 2. The summed E-state index contributed by atoms with van der Waals surface area (Å²) in [5, 5.41) is 0. The lowest BCUT2D eigenvalue weighted by molar-refractivity contribution is 0.0733. The van der Waals surface area contributed by atoms with E-state index in [1.54, 1.807) is 48.5 Å². The molecule has 0 spiro atoms. The highest BCUT2D eigenvalue weighted by atomic mass is 16.5. The lowest BCUT2D eigenvalue weighted by atomic mass is 10.2. The van der Waals surface area contributed by atoms with Crippen molar-refractivity contribution in [2.75, 3.05) is 6.61 Å². The number of benzene rings is 2. The minimum absolute atomic E-state index is 0.245. The highest BCUT2D eigenvalue weighted by Crippen LogP contribution is 2.19. The molecule has 0 fully saturated rings. The van der Waals surface area contributed by atoms with Crippen LogP contribution in [0.15, 0.2) is 48.5 Å². The highest BCUT2D eigenvalue weighted by Gasteiger charge is 2.11. The standard InChI is InChI=1S/C16H14O4/c1-2-19-14-8-5-7-12(10-14)16(18)20-15-9-4-3-6-13(15)11-17/h3-11H,2H2,1H3. The maximum atomic E-state index is 12.0. The van der Waals surface area contributed by atoms with Crippen LogP contribution in [0.4, 0.5) is 0 Å². The molecule has 0 bridgehead atoms. The number of esters is 1. The molecule has 2 aromatic carbocycles. The van der Waals surface area contributed by atoms with E-state index in [-0.39, 0.29) is 5.75 Å². The molecule has 0 heterocycles. The summed E-state index contributed by atoms with van der Waals surface area (Å²) in [5.41, 5.74) is 0.707. The van der Waals surface area contributed by atoms with Crippen molar-refractivity contribution in [3.05, 3.63) is 59.7 Å². The number of para-hydroxylation sites is 1. The summed E-state index contributed by atoms with van der Waals surface area (Å²) in [7, 11) is 0. The molecule has 0 atom stereocenters. The minimum Gasteiger partial charge on any atom is -0.494 e. The van der Waals surface area contributed by atoms with E-state index in [4.69, 9.17) is 9.47 Å². The monoisotopic (exact) mass is 270 g/mol. The van der Waals surface area contributed by atoms with Gasteiger partial charge >= 0.3 is 5.97 Å². The van der Waals surface area contributed by atoms with Gasteiger partial charge in [0.05, 0.1) is 17.7 Å². The minimum atomic E-state index is -0.527. The van der Waals surface area contributed by atoms with Crippen molar-refractivity contribution in [1.82, 2.24) is 0 Å². The Morgan fingerprint density at radius 2 is 1.95 bits per heavy atom. The SMILES string of the molecule is CCOc1cccc(C(=O)Oc2ccccc2C=O)c1. The number of carbonyl (C=O) groups is 2. The van der Waals surface area contributed by atoms with Crippen LogP contribution in [0.3, 0.4) is 0 Å². The van der Waals surface area contributed by atoms with E-state index in [9.17, 15) is 9.59 Å². The van der Waals surface area contributed by atoms with Gasteiger partial charge in [-0.3, -0.25) is 4.79 Å². The van der Waals surface area contributed by atoms with Gasteiger partial charge in [-0.15, -0.1) is 0 Å². The number of carbonyl (C=O) groups excluding carboxylic acids is 2. The molecule has 0 unspecified atom stereocenters. The molecule has 0 amide bonds. The molecule has 0 aliphatic rings. The van der Waals surface area contributed by atoms with Crippen LogP contribution in [-0.4, -0.2) is 18.9 Å².